The summed E-state index contributed by atoms with van der Waals surface area (Å²) in [6.45, 7) is 0.480. The lowest BCUT2D eigenvalue weighted by Crippen LogP contribution is -2.42. The third kappa shape index (κ3) is 1.33. The molecule has 0 atom stereocenters. The molecule has 1 aliphatic rings. The summed E-state index contributed by atoms with van der Waals surface area (Å²) in [5, 5.41) is 0.509. The van der Waals surface area contributed by atoms with E-state index in [4.69, 9.17) is 17.3 Å². The van der Waals surface area contributed by atoms with E-state index in [2.05, 4.69) is 0 Å². The molecule has 14 heavy (non-hydrogen) atoms. The summed E-state index contributed by atoms with van der Waals surface area (Å²) in [5.74, 6) is -0.220. The van der Waals surface area contributed by atoms with E-state index in [1.165, 1.54) is 6.07 Å². The standard InChI is InChI=1S/C11H13ClFN/c12-8-3-1-4-9(13)10(8)11(7-14)5-2-6-11/h1,3-4H,2,5-7,14H2. The van der Waals surface area contributed by atoms with Gasteiger partial charge in [-0.25, -0.2) is 4.39 Å². The van der Waals surface area contributed by atoms with Crippen molar-refractivity contribution in [3.63, 3.8) is 0 Å². The molecular formula is C11H13ClFN. The van der Waals surface area contributed by atoms with Gasteiger partial charge in [0.2, 0.25) is 0 Å². The molecule has 1 saturated carbocycles. The van der Waals surface area contributed by atoms with E-state index < -0.39 is 0 Å². The van der Waals surface area contributed by atoms with Gasteiger partial charge in [-0.3, -0.25) is 0 Å². The Balaban J connectivity index is 2.49. The van der Waals surface area contributed by atoms with Crippen LogP contribution in [0.2, 0.25) is 5.02 Å². The zero-order valence-corrected chi connectivity index (χ0v) is 8.65. The van der Waals surface area contributed by atoms with Gasteiger partial charge in [-0.1, -0.05) is 24.1 Å². The highest BCUT2D eigenvalue weighted by atomic mass is 35.5. The maximum absolute atomic E-state index is 13.6. The minimum Gasteiger partial charge on any atom is -0.330 e. The predicted octanol–water partition coefficient (Wildman–Crippen LogP) is 2.86. The van der Waals surface area contributed by atoms with E-state index in [1.807, 2.05) is 0 Å². The molecule has 1 aromatic rings. The first-order valence-corrected chi connectivity index (χ1v) is 5.22. The van der Waals surface area contributed by atoms with Crippen molar-refractivity contribution in [3.05, 3.63) is 34.6 Å². The summed E-state index contributed by atoms with van der Waals surface area (Å²) in [6.07, 6.45) is 3.01. The van der Waals surface area contributed by atoms with Crippen LogP contribution in [0.25, 0.3) is 0 Å². The van der Waals surface area contributed by atoms with Crippen LogP contribution in [0.5, 0.6) is 0 Å². The summed E-state index contributed by atoms with van der Waals surface area (Å²) in [5.41, 5.74) is 6.14. The van der Waals surface area contributed by atoms with E-state index in [0.29, 0.717) is 17.1 Å². The fourth-order valence-corrected chi connectivity index (χ4v) is 2.53. The van der Waals surface area contributed by atoms with Crippen LogP contribution < -0.4 is 5.73 Å². The van der Waals surface area contributed by atoms with E-state index in [1.54, 1.807) is 12.1 Å². The van der Waals surface area contributed by atoms with Gasteiger partial charge < -0.3 is 5.73 Å². The molecule has 76 valence electrons. The third-order valence-electron chi connectivity index (χ3n) is 3.19. The highest BCUT2D eigenvalue weighted by Gasteiger charge is 2.40. The highest BCUT2D eigenvalue weighted by molar-refractivity contribution is 6.31. The molecule has 3 heteroatoms. The summed E-state index contributed by atoms with van der Waals surface area (Å²) in [6, 6.07) is 4.82. The highest BCUT2D eigenvalue weighted by Crippen LogP contribution is 2.46. The molecular weight excluding hydrogens is 201 g/mol. The average molecular weight is 214 g/mol. The van der Waals surface area contributed by atoms with Crippen LogP contribution in [0.3, 0.4) is 0 Å². The molecule has 0 heterocycles. The van der Waals surface area contributed by atoms with E-state index in [0.717, 1.165) is 19.3 Å². The molecule has 1 aliphatic carbocycles. The Morgan fingerprint density at radius 2 is 2.14 bits per heavy atom. The molecule has 0 unspecified atom stereocenters. The van der Waals surface area contributed by atoms with E-state index in [9.17, 15) is 4.39 Å². The summed E-state index contributed by atoms with van der Waals surface area (Å²) >= 11 is 6.01. The Bertz CT molecular complexity index is 321. The van der Waals surface area contributed by atoms with Gasteiger partial charge >= 0.3 is 0 Å². The Hall–Kier alpha value is -0.600. The minimum atomic E-state index is -0.220. The Labute approximate surface area is 88.1 Å². The quantitative estimate of drug-likeness (QED) is 0.803. The van der Waals surface area contributed by atoms with Crippen molar-refractivity contribution in [2.75, 3.05) is 6.54 Å². The second-order valence-electron chi connectivity index (χ2n) is 3.93. The van der Waals surface area contributed by atoms with Crippen molar-refractivity contribution < 1.29 is 4.39 Å². The topological polar surface area (TPSA) is 26.0 Å². The zero-order chi connectivity index (χ0) is 10.2. The van der Waals surface area contributed by atoms with Gasteiger partial charge in [0.15, 0.2) is 0 Å². The molecule has 0 aromatic heterocycles. The minimum absolute atomic E-state index is 0.192. The molecule has 2 rings (SSSR count). The second-order valence-corrected chi connectivity index (χ2v) is 4.34. The van der Waals surface area contributed by atoms with Gasteiger partial charge in [0.25, 0.3) is 0 Å². The monoisotopic (exact) mass is 213 g/mol. The maximum Gasteiger partial charge on any atom is 0.128 e. The van der Waals surface area contributed by atoms with Crippen LogP contribution in [0.1, 0.15) is 24.8 Å². The van der Waals surface area contributed by atoms with Crippen LogP contribution in [-0.2, 0) is 5.41 Å². The predicted molar refractivity (Wildman–Crippen MR) is 56.0 cm³/mol. The third-order valence-corrected chi connectivity index (χ3v) is 3.51. The first-order chi connectivity index (χ1) is 6.69. The van der Waals surface area contributed by atoms with E-state index in [-0.39, 0.29) is 11.2 Å². The van der Waals surface area contributed by atoms with Crippen LogP contribution in [0.15, 0.2) is 18.2 Å². The second kappa shape index (κ2) is 3.52. The van der Waals surface area contributed by atoms with Crippen LogP contribution in [0.4, 0.5) is 4.39 Å². The van der Waals surface area contributed by atoms with Gasteiger partial charge in [-0.2, -0.15) is 0 Å². The first kappa shape index (κ1) is 9.94. The van der Waals surface area contributed by atoms with Gasteiger partial charge in [-0.05, 0) is 25.0 Å². The molecule has 0 radical (unpaired) electrons. The lowest BCUT2D eigenvalue weighted by molar-refractivity contribution is 0.245. The SMILES string of the molecule is NCC1(c2c(F)cccc2Cl)CCC1. The molecule has 0 amide bonds. The van der Waals surface area contributed by atoms with Crippen molar-refractivity contribution in [2.24, 2.45) is 5.73 Å². The lowest BCUT2D eigenvalue weighted by atomic mass is 9.64. The fourth-order valence-electron chi connectivity index (χ4n) is 2.16. The van der Waals surface area contributed by atoms with Gasteiger partial charge in [0.05, 0.1) is 0 Å². The molecule has 0 spiro atoms. The van der Waals surface area contributed by atoms with Gasteiger partial charge in [0.1, 0.15) is 5.82 Å². The molecule has 0 bridgehead atoms. The molecule has 1 aromatic carbocycles. The lowest BCUT2D eigenvalue weighted by Gasteiger charge is -2.42. The first-order valence-electron chi connectivity index (χ1n) is 4.84. The molecule has 1 nitrogen and oxygen atoms in total. The number of hydrogen-bond acceptors (Lipinski definition) is 1. The summed E-state index contributed by atoms with van der Waals surface area (Å²) < 4.78 is 13.6. The Morgan fingerprint density at radius 1 is 1.43 bits per heavy atom. The normalized spacial score (nSPS) is 19.1. The molecule has 2 N–H and O–H groups in total. The number of nitrogens with two attached hydrogens (primary N) is 1. The van der Waals surface area contributed by atoms with Gasteiger partial charge in [-0.15, -0.1) is 0 Å². The summed E-state index contributed by atoms with van der Waals surface area (Å²) in [4.78, 5) is 0. The smallest absolute Gasteiger partial charge is 0.128 e. The van der Waals surface area contributed by atoms with Crippen LogP contribution in [-0.4, -0.2) is 6.54 Å². The average Bonchev–Trinajstić information content (AvgIpc) is 2.08. The largest absolute Gasteiger partial charge is 0.330 e. The summed E-state index contributed by atoms with van der Waals surface area (Å²) in [7, 11) is 0. The van der Waals surface area contributed by atoms with Crippen molar-refractivity contribution >= 4 is 11.6 Å². The van der Waals surface area contributed by atoms with Crippen molar-refractivity contribution in [1.29, 1.82) is 0 Å². The van der Waals surface area contributed by atoms with Crippen molar-refractivity contribution in [3.8, 4) is 0 Å². The van der Waals surface area contributed by atoms with Crippen molar-refractivity contribution in [1.82, 2.24) is 0 Å². The molecule has 0 aliphatic heterocycles. The molecule has 1 fully saturated rings. The zero-order valence-electron chi connectivity index (χ0n) is 7.89. The Kier molecular flexibility index (Phi) is 2.50. The Morgan fingerprint density at radius 3 is 2.57 bits per heavy atom. The molecule has 0 saturated heterocycles. The van der Waals surface area contributed by atoms with Gasteiger partial charge in [0, 0.05) is 22.5 Å². The number of halogens is 2. The number of hydrogen-bond donors (Lipinski definition) is 1. The van der Waals surface area contributed by atoms with Crippen LogP contribution >= 0.6 is 11.6 Å². The fraction of sp³-hybridized carbons (Fsp3) is 0.455. The van der Waals surface area contributed by atoms with Crippen molar-refractivity contribution in [2.45, 2.75) is 24.7 Å². The van der Waals surface area contributed by atoms with E-state index >= 15 is 0 Å². The maximum atomic E-state index is 13.6. The number of benzene rings is 1. The number of rotatable bonds is 2. The van der Waals surface area contributed by atoms with Crippen LogP contribution in [0, 0.1) is 5.82 Å².